The predicted molar refractivity (Wildman–Crippen MR) is 188 cm³/mol. The fourth-order valence-electron chi connectivity index (χ4n) is 8.61. The highest BCUT2D eigenvalue weighted by atomic mass is 35.5. The zero-order chi connectivity index (χ0) is 33.9. The van der Waals surface area contributed by atoms with E-state index in [1.165, 1.54) is 12.1 Å². The molecule has 0 radical (unpaired) electrons. The third-order valence-electron chi connectivity index (χ3n) is 10.3. The van der Waals surface area contributed by atoms with Gasteiger partial charge in [-0.15, -0.1) is 0 Å². The molecule has 8 rings (SSSR count). The summed E-state index contributed by atoms with van der Waals surface area (Å²) in [5.74, 6) is -4.05. The first-order chi connectivity index (χ1) is 23.9. The molecule has 1 heterocycles. The Labute approximate surface area is 288 Å². The van der Waals surface area contributed by atoms with Crippen molar-refractivity contribution in [1.29, 1.82) is 0 Å². The number of fused-ring (bicyclic) bond motifs is 5. The number of amides is 2. The number of ketones is 1. The lowest BCUT2D eigenvalue weighted by molar-refractivity contribution is -0.130. The molecule has 2 amide bonds. The molecule has 6 nitrogen and oxygen atoms in total. The zero-order valence-electron chi connectivity index (χ0n) is 26.5. The summed E-state index contributed by atoms with van der Waals surface area (Å²) in [6, 6.07) is 42.6. The molecule has 1 saturated carbocycles. The minimum Gasteiger partial charge on any atom is -0.462 e. The molecule has 2 aliphatic carbocycles. The van der Waals surface area contributed by atoms with Crippen LogP contribution in [0.1, 0.15) is 39.5 Å². The SMILES string of the molecule is CCOC(=O)c1cc(N2C(=O)[C@H]3[C@H](C2=O)[C@@]2(c4ccccc4)C(=O)[C@@]3(c3ccccc3)C(c3ccccc3)=C2c2ccccc2)ccc1Cl. The van der Waals surface area contributed by atoms with Gasteiger partial charge in [-0.2, -0.15) is 0 Å². The van der Waals surface area contributed by atoms with Crippen LogP contribution < -0.4 is 4.90 Å². The number of ether oxygens (including phenoxy) is 1. The van der Waals surface area contributed by atoms with Crippen LogP contribution in [0.15, 0.2) is 140 Å². The Morgan fingerprint density at radius 3 is 1.51 bits per heavy atom. The molecule has 3 aliphatic rings. The van der Waals surface area contributed by atoms with Crippen LogP contribution in [0, 0.1) is 11.8 Å². The molecule has 4 atom stereocenters. The number of allylic oxidation sites excluding steroid dienone is 2. The second kappa shape index (κ2) is 11.5. The molecule has 1 saturated heterocycles. The van der Waals surface area contributed by atoms with Crippen LogP contribution in [0.3, 0.4) is 0 Å². The highest BCUT2D eigenvalue weighted by Crippen LogP contribution is 2.74. The number of esters is 1. The van der Waals surface area contributed by atoms with E-state index in [1.54, 1.807) is 13.0 Å². The molecule has 0 N–H and O–H groups in total. The molecule has 0 unspecified atom stereocenters. The number of carbonyl (C=O) groups is 4. The molecule has 0 spiro atoms. The fraction of sp³-hybridized carbons (Fsp3) is 0.143. The van der Waals surface area contributed by atoms with Gasteiger partial charge < -0.3 is 4.74 Å². The Kier molecular flexibility index (Phi) is 7.23. The number of imide groups is 1. The van der Waals surface area contributed by atoms with Crippen LogP contribution in [0.2, 0.25) is 5.02 Å². The van der Waals surface area contributed by atoms with Gasteiger partial charge in [0.25, 0.3) is 0 Å². The van der Waals surface area contributed by atoms with Crippen LogP contribution in [0.25, 0.3) is 11.1 Å². The summed E-state index contributed by atoms with van der Waals surface area (Å²) < 4.78 is 5.22. The Morgan fingerprint density at radius 1 is 0.653 bits per heavy atom. The smallest absolute Gasteiger partial charge is 0.339 e. The van der Waals surface area contributed by atoms with Gasteiger partial charge in [0.15, 0.2) is 5.78 Å². The van der Waals surface area contributed by atoms with Crippen LogP contribution in [-0.4, -0.2) is 30.2 Å². The topological polar surface area (TPSA) is 80.8 Å². The number of benzene rings is 5. The number of Topliss-reactive ketones (excluding diaryl/α,β-unsaturated/α-hetero) is 1. The van der Waals surface area contributed by atoms with E-state index < -0.39 is 40.4 Å². The zero-order valence-corrected chi connectivity index (χ0v) is 27.3. The van der Waals surface area contributed by atoms with Crippen LogP contribution in [0.5, 0.6) is 0 Å². The van der Waals surface area contributed by atoms with E-state index in [0.717, 1.165) is 16.0 Å². The van der Waals surface area contributed by atoms with Crippen molar-refractivity contribution in [2.24, 2.45) is 11.8 Å². The van der Waals surface area contributed by atoms with Gasteiger partial charge in [-0.3, -0.25) is 14.4 Å². The van der Waals surface area contributed by atoms with Gasteiger partial charge in [-0.1, -0.05) is 133 Å². The Balaban J connectivity index is 1.49. The van der Waals surface area contributed by atoms with E-state index in [-0.39, 0.29) is 28.7 Å². The van der Waals surface area contributed by atoms with Gasteiger partial charge in [-0.05, 0) is 58.5 Å². The summed E-state index contributed by atoms with van der Waals surface area (Å²) in [5, 5.41) is 0.137. The van der Waals surface area contributed by atoms with E-state index >= 15 is 14.4 Å². The first-order valence-corrected chi connectivity index (χ1v) is 16.6. The molecule has 5 aromatic carbocycles. The average molecular weight is 664 g/mol. The van der Waals surface area contributed by atoms with E-state index in [2.05, 4.69) is 0 Å². The minimum absolute atomic E-state index is 0.0429. The second-order valence-corrected chi connectivity index (χ2v) is 12.9. The lowest BCUT2D eigenvalue weighted by Gasteiger charge is -2.39. The number of anilines is 1. The minimum atomic E-state index is -1.52. The summed E-state index contributed by atoms with van der Waals surface area (Å²) in [7, 11) is 0. The third kappa shape index (κ3) is 4.07. The maximum absolute atomic E-state index is 15.9. The highest BCUT2D eigenvalue weighted by Gasteiger charge is 2.82. The number of nitrogens with zero attached hydrogens (tertiary/aromatic N) is 1. The van der Waals surface area contributed by atoms with Crippen molar-refractivity contribution in [3.8, 4) is 0 Å². The molecule has 2 bridgehead atoms. The van der Waals surface area contributed by atoms with Crippen molar-refractivity contribution in [3.63, 3.8) is 0 Å². The molecule has 0 aromatic heterocycles. The third-order valence-corrected chi connectivity index (χ3v) is 10.6. The molecule has 1 aliphatic heterocycles. The average Bonchev–Trinajstić information content (AvgIpc) is 3.65. The number of halogens is 1. The predicted octanol–water partition coefficient (Wildman–Crippen LogP) is 7.71. The van der Waals surface area contributed by atoms with E-state index in [0.29, 0.717) is 22.3 Å². The Hall–Kier alpha value is -5.59. The standard InChI is InChI=1S/C42H30ClNO5/c1-2-49-39(47)31-25-30(23-24-32(31)43)44-37(45)35-36(38(44)46)42(29-21-13-6-14-22-29)34(27-17-9-4-10-18-27)33(26-15-7-3-8-16-26)41(35,40(42)48)28-19-11-5-12-20-28/h3-25,35-36H,2H2,1H3/t35-,36-,41+,42+/m1/s1. The van der Waals surface area contributed by atoms with Gasteiger partial charge in [0, 0.05) is 0 Å². The van der Waals surface area contributed by atoms with Crippen molar-refractivity contribution in [2.45, 2.75) is 17.8 Å². The largest absolute Gasteiger partial charge is 0.462 e. The Bertz CT molecular complexity index is 2060. The van der Waals surface area contributed by atoms with Crippen molar-refractivity contribution < 1.29 is 23.9 Å². The van der Waals surface area contributed by atoms with Crippen LogP contribution >= 0.6 is 11.6 Å². The molecule has 5 aromatic rings. The first kappa shape index (κ1) is 30.7. The highest BCUT2D eigenvalue weighted by molar-refractivity contribution is 6.39. The summed E-state index contributed by atoms with van der Waals surface area (Å²) in [6.07, 6.45) is 0. The number of carbonyl (C=O) groups excluding carboxylic acids is 4. The van der Waals surface area contributed by atoms with Crippen LogP contribution in [0.4, 0.5) is 5.69 Å². The van der Waals surface area contributed by atoms with E-state index in [1.807, 2.05) is 121 Å². The number of hydrogen-bond donors (Lipinski definition) is 0. The first-order valence-electron chi connectivity index (χ1n) is 16.2. The summed E-state index contributed by atoms with van der Waals surface area (Å²) in [4.78, 5) is 60.3. The van der Waals surface area contributed by atoms with Crippen molar-refractivity contribution in [3.05, 3.63) is 172 Å². The number of rotatable bonds is 7. The van der Waals surface area contributed by atoms with E-state index in [4.69, 9.17) is 16.3 Å². The lowest BCUT2D eigenvalue weighted by Crippen LogP contribution is -2.45. The molecule has 49 heavy (non-hydrogen) atoms. The molecule has 7 heteroatoms. The monoisotopic (exact) mass is 663 g/mol. The van der Waals surface area contributed by atoms with Gasteiger partial charge in [-0.25, -0.2) is 9.69 Å². The lowest BCUT2D eigenvalue weighted by atomic mass is 9.59. The molecular weight excluding hydrogens is 634 g/mol. The summed E-state index contributed by atoms with van der Waals surface area (Å²) >= 11 is 6.42. The van der Waals surface area contributed by atoms with Crippen molar-refractivity contribution in [2.75, 3.05) is 11.5 Å². The quantitative estimate of drug-likeness (QED) is 0.132. The summed E-state index contributed by atoms with van der Waals surface area (Å²) in [5.41, 5.74) is 1.50. The van der Waals surface area contributed by atoms with Gasteiger partial charge >= 0.3 is 5.97 Å². The Morgan fingerprint density at radius 2 is 1.08 bits per heavy atom. The van der Waals surface area contributed by atoms with Crippen molar-refractivity contribution >= 4 is 52.0 Å². The fourth-order valence-corrected chi connectivity index (χ4v) is 8.80. The van der Waals surface area contributed by atoms with Crippen LogP contribution in [-0.2, 0) is 30.0 Å². The van der Waals surface area contributed by atoms with Gasteiger partial charge in [0.1, 0.15) is 0 Å². The molecule has 240 valence electrons. The molecular formula is C42H30ClNO5. The maximum atomic E-state index is 15.9. The van der Waals surface area contributed by atoms with Gasteiger partial charge in [0.05, 0.1) is 45.5 Å². The second-order valence-electron chi connectivity index (χ2n) is 12.5. The molecule has 2 fully saturated rings. The maximum Gasteiger partial charge on any atom is 0.339 e. The van der Waals surface area contributed by atoms with E-state index in [9.17, 15) is 4.79 Å². The summed E-state index contributed by atoms with van der Waals surface area (Å²) in [6.45, 7) is 1.81. The normalized spacial score (nSPS) is 24.0. The van der Waals surface area contributed by atoms with Crippen molar-refractivity contribution in [1.82, 2.24) is 0 Å². The number of hydrogen-bond acceptors (Lipinski definition) is 5. The van der Waals surface area contributed by atoms with Gasteiger partial charge in [0.2, 0.25) is 11.8 Å².